The molecular formula is C21H15ClN2O4S2. The Morgan fingerprint density at radius 2 is 1.80 bits per heavy atom. The van der Waals surface area contributed by atoms with E-state index in [1.54, 1.807) is 29.2 Å². The van der Waals surface area contributed by atoms with Gasteiger partial charge in [0, 0.05) is 10.6 Å². The minimum absolute atomic E-state index is 0.118. The summed E-state index contributed by atoms with van der Waals surface area (Å²) in [6.07, 6.45) is 0. The number of amides is 2. The number of anilines is 1. The average Bonchev–Trinajstić information content (AvgIpc) is 3.15. The molecule has 0 unspecified atom stereocenters. The molecule has 30 heavy (non-hydrogen) atoms. The first-order valence-electron chi connectivity index (χ1n) is 8.98. The lowest BCUT2D eigenvalue weighted by atomic mass is 10.1. The summed E-state index contributed by atoms with van der Waals surface area (Å²) < 4.78 is 0.118. The predicted octanol–water partition coefficient (Wildman–Crippen LogP) is 3.93. The summed E-state index contributed by atoms with van der Waals surface area (Å²) in [7, 11) is 0. The summed E-state index contributed by atoms with van der Waals surface area (Å²) in [6.45, 7) is 1.62. The van der Waals surface area contributed by atoms with Crippen molar-refractivity contribution in [3.8, 4) is 0 Å². The molecular weight excluding hydrogens is 444 g/mol. The van der Waals surface area contributed by atoms with Crippen molar-refractivity contribution in [2.24, 2.45) is 0 Å². The van der Waals surface area contributed by atoms with Crippen LogP contribution in [0.3, 0.4) is 0 Å². The molecule has 2 aromatic carbocycles. The monoisotopic (exact) mass is 458 g/mol. The lowest BCUT2D eigenvalue weighted by Crippen LogP contribution is -2.41. The molecule has 9 heteroatoms. The third-order valence-electron chi connectivity index (χ3n) is 4.98. The second-order valence-corrected chi connectivity index (χ2v) is 8.81. The van der Waals surface area contributed by atoms with E-state index in [1.807, 2.05) is 24.3 Å². The number of thiocarbonyl (C=S) groups is 1. The maximum Gasteiger partial charge on any atom is 0.326 e. The number of nitrogens with zero attached hydrogens (tertiary/aromatic N) is 2. The Bertz CT molecular complexity index is 1150. The number of aliphatic carboxylic acids is 1. The summed E-state index contributed by atoms with van der Waals surface area (Å²) in [4.78, 5) is 40.6. The highest BCUT2D eigenvalue weighted by molar-refractivity contribution is 8.26. The van der Waals surface area contributed by atoms with Crippen LogP contribution in [0.25, 0.3) is 5.57 Å². The number of hydrogen-bond donors (Lipinski definition) is 1. The minimum Gasteiger partial charge on any atom is -0.480 e. The highest BCUT2D eigenvalue weighted by atomic mass is 35.5. The molecule has 1 N–H and O–H groups in total. The smallest absolute Gasteiger partial charge is 0.326 e. The van der Waals surface area contributed by atoms with E-state index in [2.05, 4.69) is 0 Å². The summed E-state index contributed by atoms with van der Waals surface area (Å²) in [5.74, 6) is -2.09. The SMILES string of the molecule is C[C@@H](C(=O)O)N1C(=O)/C(=C2/C(=O)N(Cc3ccccc3Cl)c3ccccc32)SC1=S. The normalized spacial score (nSPS) is 19.5. The Labute approximate surface area is 187 Å². The fourth-order valence-electron chi connectivity index (χ4n) is 3.43. The Morgan fingerprint density at radius 1 is 1.13 bits per heavy atom. The fraction of sp³-hybridized carbons (Fsp3) is 0.143. The van der Waals surface area contributed by atoms with Crippen molar-refractivity contribution >= 4 is 68.9 Å². The van der Waals surface area contributed by atoms with Crippen LogP contribution >= 0.6 is 35.6 Å². The van der Waals surface area contributed by atoms with Gasteiger partial charge in [-0.3, -0.25) is 14.5 Å². The summed E-state index contributed by atoms with van der Waals surface area (Å²) in [5.41, 5.74) is 2.28. The maximum absolute atomic E-state index is 13.4. The number of para-hydroxylation sites is 1. The van der Waals surface area contributed by atoms with Crippen LogP contribution in [0.1, 0.15) is 18.1 Å². The van der Waals surface area contributed by atoms with Crippen molar-refractivity contribution < 1.29 is 19.5 Å². The molecule has 2 aliphatic rings. The molecule has 4 rings (SSSR count). The fourth-order valence-corrected chi connectivity index (χ4v) is 5.11. The highest BCUT2D eigenvalue weighted by Gasteiger charge is 2.44. The third kappa shape index (κ3) is 3.30. The van der Waals surface area contributed by atoms with Crippen molar-refractivity contribution in [1.29, 1.82) is 0 Å². The molecule has 0 radical (unpaired) electrons. The second-order valence-electron chi connectivity index (χ2n) is 6.76. The standard InChI is InChI=1S/C21H15ClN2O4S2/c1-11(20(27)28)24-19(26)17(30-21(24)29)16-13-7-3-5-9-15(13)23(18(16)25)10-12-6-2-4-8-14(12)22/h2-9,11H,10H2,1H3,(H,27,28)/b17-16-/t11-/m0/s1. The van der Waals surface area contributed by atoms with E-state index in [0.29, 0.717) is 16.3 Å². The summed E-state index contributed by atoms with van der Waals surface area (Å²) in [5, 5.41) is 9.84. The molecule has 2 aromatic rings. The van der Waals surface area contributed by atoms with E-state index in [1.165, 1.54) is 6.92 Å². The molecule has 2 aliphatic heterocycles. The van der Waals surface area contributed by atoms with Crippen molar-refractivity contribution in [1.82, 2.24) is 4.90 Å². The molecule has 2 amide bonds. The molecule has 0 saturated carbocycles. The number of benzene rings is 2. The number of carbonyl (C=O) groups excluding carboxylic acids is 2. The predicted molar refractivity (Wildman–Crippen MR) is 120 cm³/mol. The topological polar surface area (TPSA) is 77.9 Å². The van der Waals surface area contributed by atoms with Gasteiger partial charge in [0.05, 0.1) is 22.7 Å². The van der Waals surface area contributed by atoms with Gasteiger partial charge in [0.15, 0.2) is 0 Å². The molecule has 1 fully saturated rings. The van der Waals surface area contributed by atoms with Crippen LogP contribution in [-0.4, -0.2) is 38.2 Å². The first kappa shape index (κ1) is 20.6. The molecule has 1 atom stereocenters. The minimum atomic E-state index is -1.17. The zero-order valence-corrected chi connectivity index (χ0v) is 18.1. The van der Waals surface area contributed by atoms with Gasteiger partial charge in [0.25, 0.3) is 11.8 Å². The number of rotatable bonds is 4. The average molecular weight is 459 g/mol. The van der Waals surface area contributed by atoms with Crippen LogP contribution in [0, 0.1) is 0 Å². The largest absolute Gasteiger partial charge is 0.480 e. The van der Waals surface area contributed by atoms with E-state index in [-0.39, 0.29) is 27.3 Å². The van der Waals surface area contributed by atoms with Gasteiger partial charge in [0.2, 0.25) is 0 Å². The van der Waals surface area contributed by atoms with Crippen molar-refractivity contribution in [3.05, 3.63) is 69.6 Å². The van der Waals surface area contributed by atoms with Gasteiger partial charge >= 0.3 is 5.97 Å². The van der Waals surface area contributed by atoms with E-state index < -0.39 is 17.9 Å². The lowest BCUT2D eigenvalue weighted by molar-refractivity contribution is -0.144. The number of fused-ring (bicyclic) bond motifs is 1. The molecule has 1 saturated heterocycles. The molecule has 152 valence electrons. The van der Waals surface area contributed by atoms with E-state index in [4.69, 9.17) is 23.8 Å². The zero-order chi connectivity index (χ0) is 21.6. The van der Waals surface area contributed by atoms with Crippen LogP contribution in [0.2, 0.25) is 5.02 Å². The number of hydrogen-bond acceptors (Lipinski definition) is 5. The number of halogens is 1. The van der Waals surface area contributed by atoms with Gasteiger partial charge in [0.1, 0.15) is 10.4 Å². The van der Waals surface area contributed by atoms with Gasteiger partial charge in [-0.1, -0.05) is 72.0 Å². The molecule has 0 aliphatic carbocycles. The highest BCUT2D eigenvalue weighted by Crippen LogP contribution is 2.45. The second kappa shape index (κ2) is 7.86. The number of carboxylic acids is 1. The zero-order valence-electron chi connectivity index (χ0n) is 15.7. The first-order chi connectivity index (χ1) is 14.3. The van der Waals surface area contributed by atoms with Gasteiger partial charge in [-0.25, -0.2) is 4.79 Å². The Morgan fingerprint density at radius 3 is 2.50 bits per heavy atom. The third-order valence-corrected chi connectivity index (χ3v) is 6.75. The van der Waals surface area contributed by atoms with E-state index in [0.717, 1.165) is 22.2 Å². The van der Waals surface area contributed by atoms with Crippen molar-refractivity contribution in [2.45, 2.75) is 19.5 Å². The van der Waals surface area contributed by atoms with Crippen LogP contribution in [0.4, 0.5) is 5.69 Å². The Kier molecular flexibility index (Phi) is 5.40. The maximum atomic E-state index is 13.4. The Hall–Kier alpha value is -2.68. The van der Waals surface area contributed by atoms with Gasteiger partial charge in [-0.05, 0) is 24.6 Å². The molecule has 0 spiro atoms. The lowest BCUT2D eigenvalue weighted by Gasteiger charge is -2.19. The quantitative estimate of drug-likeness (QED) is 0.552. The van der Waals surface area contributed by atoms with Gasteiger partial charge in [-0.15, -0.1) is 0 Å². The van der Waals surface area contributed by atoms with Gasteiger partial charge in [-0.2, -0.15) is 0 Å². The van der Waals surface area contributed by atoms with Crippen molar-refractivity contribution in [2.75, 3.05) is 4.90 Å². The summed E-state index contributed by atoms with van der Waals surface area (Å²) in [6, 6.07) is 13.3. The van der Waals surface area contributed by atoms with Crippen LogP contribution in [-0.2, 0) is 20.9 Å². The van der Waals surface area contributed by atoms with Crippen LogP contribution < -0.4 is 4.90 Å². The van der Waals surface area contributed by atoms with E-state index >= 15 is 0 Å². The van der Waals surface area contributed by atoms with Crippen molar-refractivity contribution in [3.63, 3.8) is 0 Å². The Balaban J connectivity index is 1.79. The number of carbonyl (C=O) groups is 3. The molecule has 0 bridgehead atoms. The van der Waals surface area contributed by atoms with Crippen LogP contribution in [0.5, 0.6) is 0 Å². The summed E-state index contributed by atoms with van der Waals surface area (Å²) >= 11 is 12.5. The molecule has 2 heterocycles. The number of thioether (sulfide) groups is 1. The molecule has 0 aromatic heterocycles. The van der Waals surface area contributed by atoms with E-state index in [9.17, 15) is 19.5 Å². The number of carboxylic acid groups (broad SMARTS) is 1. The first-order valence-corrected chi connectivity index (χ1v) is 10.6. The molecule has 6 nitrogen and oxygen atoms in total. The van der Waals surface area contributed by atoms with Crippen LogP contribution in [0.15, 0.2) is 53.4 Å². The van der Waals surface area contributed by atoms with Gasteiger partial charge < -0.3 is 10.0 Å².